The van der Waals surface area contributed by atoms with Crippen LogP contribution >= 0.6 is 0 Å². The molecule has 0 radical (unpaired) electrons. The van der Waals surface area contributed by atoms with Gasteiger partial charge in [-0.05, 0) is 23.3 Å². The molecular weight excluding hydrogens is 338 g/mol. The molecule has 0 aromatic heterocycles. The minimum Gasteiger partial charge on any atom is -0.488 e. The number of hydrogen-bond donors (Lipinski definition) is 1. The fourth-order valence-electron chi connectivity index (χ4n) is 3.06. The summed E-state index contributed by atoms with van der Waals surface area (Å²) in [6.45, 7) is 2.31. The van der Waals surface area contributed by atoms with Gasteiger partial charge in [0.05, 0.1) is 5.56 Å². The molecule has 4 heteroatoms. The van der Waals surface area contributed by atoms with Crippen molar-refractivity contribution in [2.24, 2.45) is 5.73 Å². The molecule has 136 valence electrons. The normalized spacial score (nSPS) is 11.6. The van der Waals surface area contributed by atoms with Gasteiger partial charge in [0.1, 0.15) is 18.6 Å². The summed E-state index contributed by atoms with van der Waals surface area (Å²) in [5.74, 6) is -0.272. The molecule has 0 bridgehead atoms. The highest BCUT2D eigenvalue weighted by Gasteiger charge is 2.21. The summed E-state index contributed by atoms with van der Waals surface area (Å²) < 4.78 is 6.04. The Morgan fingerprint density at radius 3 is 2.26 bits per heavy atom. The number of hydrogen-bond acceptors (Lipinski definition) is 3. The number of carbonyl (C=O) groups is 2. The quantitative estimate of drug-likeness (QED) is 0.638. The lowest BCUT2D eigenvalue weighted by Gasteiger charge is -2.20. The molecule has 1 amide bonds. The van der Waals surface area contributed by atoms with E-state index in [1.165, 1.54) is 6.07 Å². The highest BCUT2D eigenvalue weighted by atomic mass is 16.5. The van der Waals surface area contributed by atoms with Crippen molar-refractivity contribution in [3.8, 4) is 5.75 Å². The second kappa shape index (κ2) is 8.32. The van der Waals surface area contributed by atoms with Crippen molar-refractivity contribution in [2.45, 2.75) is 19.4 Å². The molecule has 0 aliphatic carbocycles. The molecule has 0 fully saturated rings. The zero-order valence-electron chi connectivity index (χ0n) is 15.1. The molecule has 0 saturated heterocycles. The first-order chi connectivity index (χ1) is 13.1. The van der Waals surface area contributed by atoms with E-state index in [1.807, 2.05) is 67.6 Å². The number of ether oxygens (including phenoxy) is 1. The molecule has 0 heterocycles. The molecule has 2 N–H and O–H groups in total. The average molecular weight is 359 g/mol. The highest BCUT2D eigenvalue weighted by molar-refractivity contribution is 5.98. The minimum atomic E-state index is -0.622. The summed E-state index contributed by atoms with van der Waals surface area (Å²) in [5.41, 5.74) is 8.99. The number of benzene rings is 3. The summed E-state index contributed by atoms with van der Waals surface area (Å²) in [7, 11) is 0. The van der Waals surface area contributed by atoms with Crippen LogP contribution in [0.3, 0.4) is 0 Å². The van der Waals surface area contributed by atoms with Gasteiger partial charge in [0.15, 0.2) is 0 Å². The third kappa shape index (κ3) is 4.23. The van der Waals surface area contributed by atoms with Crippen LogP contribution in [0.1, 0.15) is 50.2 Å². The van der Waals surface area contributed by atoms with Crippen molar-refractivity contribution in [3.05, 3.63) is 101 Å². The number of primary amides is 1. The van der Waals surface area contributed by atoms with E-state index in [0.717, 1.165) is 16.7 Å². The van der Waals surface area contributed by atoms with Crippen LogP contribution in [0.2, 0.25) is 0 Å². The van der Waals surface area contributed by atoms with E-state index in [0.29, 0.717) is 24.2 Å². The SMILES string of the molecule is CC(c1ccccc1)c1cc(C=O)cc(C(N)=O)c1OCc1ccccc1. The first kappa shape index (κ1) is 18.4. The summed E-state index contributed by atoms with van der Waals surface area (Å²) >= 11 is 0. The van der Waals surface area contributed by atoms with Crippen molar-refractivity contribution in [3.63, 3.8) is 0 Å². The van der Waals surface area contributed by atoms with Crippen LogP contribution < -0.4 is 10.5 Å². The average Bonchev–Trinajstić information content (AvgIpc) is 2.72. The van der Waals surface area contributed by atoms with Gasteiger partial charge < -0.3 is 10.5 Å². The molecule has 27 heavy (non-hydrogen) atoms. The molecule has 0 aliphatic rings. The van der Waals surface area contributed by atoms with E-state index < -0.39 is 5.91 Å². The van der Waals surface area contributed by atoms with Crippen molar-refractivity contribution in [1.29, 1.82) is 0 Å². The second-order valence-corrected chi connectivity index (χ2v) is 6.38. The molecule has 0 spiro atoms. The van der Waals surface area contributed by atoms with E-state index in [-0.39, 0.29) is 11.5 Å². The predicted octanol–water partition coefficient (Wildman–Crippen LogP) is 4.33. The monoisotopic (exact) mass is 359 g/mol. The van der Waals surface area contributed by atoms with Gasteiger partial charge in [0, 0.05) is 17.0 Å². The Balaban J connectivity index is 2.07. The Labute approximate surface area is 158 Å². The third-order valence-electron chi connectivity index (χ3n) is 4.53. The third-order valence-corrected chi connectivity index (χ3v) is 4.53. The molecule has 1 unspecified atom stereocenters. The van der Waals surface area contributed by atoms with Crippen LogP contribution in [0.4, 0.5) is 0 Å². The molecule has 0 aliphatic heterocycles. The number of rotatable bonds is 7. The molecule has 3 aromatic carbocycles. The Morgan fingerprint density at radius 1 is 1.04 bits per heavy atom. The van der Waals surface area contributed by atoms with Crippen LogP contribution in [0.25, 0.3) is 0 Å². The second-order valence-electron chi connectivity index (χ2n) is 6.38. The summed E-state index contributed by atoms with van der Waals surface area (Å²) in [5, 5.41) is 0. The van der Waals surface area contributed by atoms with Crippen molar-refractivity contribution in [2.75, 3.05) is 0 Å². The van der Waals surface area contributed by atoms with Crippen LogP contribution in [0.5, 0.6) is 5.75 Å². The standard InChI is InChI=1S/C23H21NO3/c1-16(19-10-6-3-7-11-19)20-12-18(14-25)13-21(23(24)26)22(20)27-15-17-8-4-2-5-9-17/h2-14,16H,15H2,1H3,(H2,24,26). The van der Waals surface area contributed by atoms with Crippen LogP contribution in [0, 0.1) is 0 Å². The van der Waals surface area contributed by atoms with Crippen LogP contribution in [0.15, 0.2) is 72.8 Å². The van der Waals surface area contributed by atoms with E-state index in [9.17, 15) is 9.59 Å². The Morgan fingerprint density at radius 2 is 1.67 bits per heavy atom. The van der Waals surface area contributed by atoms with Gasteiger partial charge in [-0.1, -0.05) is 67.6 Å². The maximum Gasteiger partial charge on any atom is 0.252 e. The summed E-state index contributed by atoms with van der Waals surface area (Å²) in [4.78, 5) is 23.4. The fourth-order valence-corrected chi connectivity index (χ4v) is 3.06. The maximum atomic E-state index is 12.0. The topological polar surface area (TPSA) is 69.4 Å². The summed E-state index contributed by atoms with van der Waals surface area (Å²) in [6, 6.07) is 22.8. The lowest BCUT2D eigenvalue weighted by molar-refractivity contribution is 0.0995. The number of amides is 1. The molecule has 4 nitrogen and oxygen atoms in total. The van der Waals surface area contributed by atoms with E-state index >= 15 is 0 Å². The number of aldehydes is 1. The minimum absolute atomic E-state index is 0.0741. The van der Waals surface area contributed by atoms with Crippen LogP contribution in [-0.4, -0.2) is 12.2 Å². The first-order valence-corrected chi connectivity index (χ1v) is 8.74. The smallest absolute Gasteiger partial charge is 0.252 e. The van der Waals surface area contributed by atoms with Crippen molar-refractivity contribution >= 4 is 12.2 Å². The van der Waals surface area contributed by atoms with Gasteiger partial charge in [0.2, 0.25) is 0 Å². The molecule has 1 atom stereocenters. The zero-order chi connectivity index (χ0) is 19.2. The van der Waals surface area contributed by atoms with Gasteiger partial charge in [-0.25, -0.2) is 0 Å². The Kier molecular flexibility index (Phi) is 5.67. The molecule has 3 aromatic rings. The van der Waals surface area contributed by atoms with Gasteiger partial charge in [0.25, 0.3) is 5.91 Å². The van der Waals surface area contributed by atoms with Crippen LogP contribution in [-0.2, 0) is 6.61 Å². The van der Waals surface area contributed by atoms with E-state index in [2.05, 4.69) is 0 Å². The molecular formula is C23H21NO3. The van der Waals surface area contributed by atoms with Gasteiger partial charge >= 0.3 is 0 Å². The van der Waals surface area contributed by atoms with E-state index in [1.54, 1.807) is 6.07 Å². The Hall–Kier alpha value is -3.40. The fraction of sp³-hybridized carbons (Fsp3) is 0.130. The molecule has 3 rings (SSSR count). The number of nitrogens with two attached hydrogens (primary N) is 1. The lowest BCUT2D eigenvalue weighted by Crippen LogP contribution is -2.16. The predicted molar refractivity (Wildman–Crippen MR) is 105 cm³/mol. The maximum absolute atomic E-state index is 12.0. The Bertz CT molecular complexity index is 937. The van der Waals surface area contributed by atoms with E-state index in [4.69, 9.17) is 10.5 Å². The summed E-state index contributed by atoms with van der Waals surface area (Å²) in [6.07, 6.45) is 0.717. The number of carbonyl (C=O) groups excluding carboxylic acids is 2. The lowest BCUT2D eigenvalue weighted by atomic mass is 9.89. The highest BCUT2D eigenvalue weighted by Crippen LogP contribution is 2.35. The van der Waals surface area contributed by atoms with Gasteiger partial charge in [-0.15, -0.1) is 0 Å². The van der Waals surface area contributed by atoms with Gasteiger partial charge in [-0.3, -0.25) is 9.59 Å². The van der Waals surface area contributed by atoms with Crippen molar-refractivity contribution in [1.82, 2.24) is 0 Å². The van der Waals surface area contributed by atoms with Crippen molar-refractivity contribution < 1.29 is 14.3 Å². The largest absolute Gasteiger partial charge is 0.488 e. The zero-order valence-corrected chi connectivity index (χ0v) is 15.1. The first-order valence-electron chi connectivity index (χ1n) is 8.74. The molecule has 0 saturated carbocycles. The van der Waals surface area contributed by atoms with Gasteiger partial charge in [-0.2, -0.15) is 0 Å².